The molecule has 1 aromatic carbocycles. The molecule has 0 heterocycles. The van der Waals surface area contributed by atoms with E-state index in [1.165, 1.54) is 5.19 Å². The quantitative estimate of drug-likeness (QED) is 0.591. The molecule has 0 spiro atoms. The molecule has 0 saturated heterocycles. The second-order valence-electron chi connectivity index (χ2n) is 5.42. The molecule has 1 rings (SSSR count). The summed E-state index contributed by atoms with van der Waals surface area (Å²) in [5.74, 6) is 0. The average molecular weight is 294 g/mol. The van der Waals surface area contributed by atoms with Crippen molar-refractivity contribution in [1.29, 1.82) is 0 Å². The highest BCUT2D eigenvalue weighted by atomic mass is 28.3. The Morgan fingerprint density at radius 1 is 1.25 bits per heavy atom. The zero-order chi connectivity index (χ0) is 15.0. The predicted octanol–water partition coefficient (Wildman–Crippen LogP) is 2.53. The molecule has 3 nitrogen and oxygen atoms in total. The van der Waals surface area contributed by atoms with E-state index in [2.05, 4.69) is 37.4 Å². The molecule has 0 aliphatic carbocycles. The number of ether oxygens (including phenoxy) is 2. The average Bonchev–Trinajstić information content (AvgIpc) is 2.44. The molecule has 0 aliphatic heterocycles. The van der Waals surface area contributed by atoms with Crippen LogP contribution in [0.4, 0.5) is 0 Å². The van der Waals surface area contributed by atoms with E-state index in [0.29, 0.717) is 13.2 Å². The van der Waals surface area contributed by atoms with Gasteiger partial charge in [-0.25, -0.2) is 0 Å². The highest BCUT2D eigenvalue weighted by Gasteiger charge is 2.36. The molecule has 0 fully saturated rings. The van der Waals surface area contributed by atoms with Crippen molar-refractivity contribution in [1.82, 2.24) is 0 Å². The van der Waals surface area contributed by atoms with Gasteiger partial charge in [-0.3, -0.25) is 0 Å². The molecule has 0 saturated carbocycles. The molecule has 1 N–H and O–H groups in total. The third-order valence-corrected chi connectivity index (χ3v) is 7.72. The van der Waals surface area contributed by atoms with Crippen molar-refractivity contribution in [2.75, 3.05) is 20.3 Å². The molecular weight excluding hydrogens is 268 g/mol. The summed E-state index contributed by atoms with van der Waals surface area (Å²) in [4.78, 5) is 0. The van der Waals surface area contributed by atoms with Crippen LogP contribution in [0.2, 0.25) is 18.6 Å². The summed E-state index contributed by atoms with van der Waals surface area (Å²) in [5.41, 5.74) is 0.0522. The third kappa shape index (κ3) is 4.47. The van der Waals surface area contributed by atoms with E-state index in [0.717, 1.165) is 0 Å². The van der Waals surface area contributed by atoms with Gasteiger partial charge in [0, 0.05) is 12.7 Å². The van der Waals surface area contributed by atoms with Crippen LogP contribution in [0.25, 0.3) is 0 Å². The third-order valence-electron chi connectivity index (χ3n) is 3.65. The Balaban J connectivity index is 3.01. The van der Waals surface area contributed by atoms with E-state index in [-0.39, 0.29) is 5.54 Å². The van der Waals surface area contributed by atoms with Crippen LogP contribution in [0.3, 0.4) is 0 Å². The number of benzene rings is 1. The summed E-state index contributed by atoms with van der Waals surface area (Å²) < 4.78 is 10.4. The van der Waals surface area contributed by atoms with Gasteiger partial charge in [0.2, 0.25) is 0 Å². The van der Waals surface area contributed by atoms with E-state index < -0.39 is 14.2 Å². The van der Waals surface area contributed by atoms with Gasteiger partial charge >= 0.3 is 0 Å². The second-order valence-corrected chi connectivity index (χ2v) is 10.1. The maximum atomic E-state index is 10.4. The van der Waals surface area contributed by atoms with Gasteiger partial charge in [-0.1, -0.05) is 48.6 Å². The molecule has 1 aromatic rings. The monoisotopic (exact) mass is 294 g/mol. The molecule has 20 heavy (non-hydrogen) atoms. The number of aliphatic hydroxyl groups is 1. The molecule has 0 unspecified atom stereocenters. The summed E-state index contributed by atoms with van der Waals surface area (Å²) in [7, 11) is -0.241. The van der Waals surface area contributed by atoms with Crippen LogP contribution in [-0.4, -0.2) is 39.6 Å². The maximum Gasteiger partial charge on any atom is 0.0904 e. The van der Waals surface area contributed by atoms with Crippen LogP contribution in [0.5, 0.6) is 0 Å². The summed E-state index contributed by atoms with van der Waals surface area (Å²) in [6.07, 6.45) is 3.19. The van der Waals surface area contributed by atoms with Crippen molar-refractivity contribution in [3.05, 3.63) is 42.7 Å². The van der Waals surface area contributed by atoms with Crippen LogP contribution in [0, 0.1) is 0 Å². The Morgan fingerprint density at radius 2 is 1.90 bits per heavy atom. The van der Waals surface area contributed by atoms with Gasteiger partial charge in [0.05, 0.1) is 33.7 Å². The first-order valence-electron chi connectivity index (χ1n) is 7.04. The summed E-state index contributed by atoms with van der Waals surface area (Å²) in [6.45, 7) is 7.45. The number of methoxy groups -OCH3 is 1. The van der Waals surface area contributed by atoms with E-state index in [1.54, 1.807) is 13.4 Å². The summed E-state index contributed by atoms with van der Waals surface area (Å²) in [6, 6.07) is 10.4. The number of hydrogen-bond acceptors (Lipinski definition) is 3. The van der Waals surface area contributed by atoms with Gasteiger partial charge in [-0.05, 0) is 13.0 Å². The SMILES string of the molecule is CCO/C=C\[C@@H]([C@H](O)COC)[Si](C)(C)c1ccccc1. The summed E-state index contributed by atoms with van der Waals surface area (Å²) in [5, 5.41) is 11.7. The Bertz CT molecular complexity index is 403. The standard InChI is InChI=1S/C16H26O3Si/c1-5-19-12-11-16(15(17)13-18-2)20(3,4)14-9-7-6-8-10-14/h6-12,15-17H,5,13H2,1-4H3/b12-11-/t15-,16+/m1/s1. The van der Waals surface area contributed by atoms with Crippen molar-refractivity contribution < 1.29 is 14.6 Å². The van der Waals surface area contributed by atoms with E-state index in [9.17, 15) is 5.11 Å². The lowest BCUT2D eigenvalue weighted by atomic mass is 10.2. The van der Waals surface area contributed by atoms with Crippen LogP contribution >= 0.6 is 0 Å². The lowest BCUT2D eigenvalue weighted by Crippen LogP contribution is -2.50. The Morgan fingerprint density at radius 3 is 2.45 bits per heavy atom. The molecule has 0 aromatic heterocycles. The molecule has 0 bridgehead atoms. The zero-order valence-corrected chi connectivity index (χ0v) is 13.9. The molecule has 0 aliphatic rings. The minimum absolute atomic E-state index is 0.0522. The first kappa shape index (κ1) is 16.9. The predicted molar refractivity (Wildman–Crippen MR) is 86.0 cm³/mol. The highest BCUT2D eigenvalue weighted by molar-refractivity contribution is 6.91. The van der Waals surface area contributed by atoms with Gasteiger partial charge in [0.25, 0.3) is 0 Å². The fraction of sp³-hybridized carbons (Fsp3) is 0.500. The Kier molecular flexibility index (Phi) is 6.99. The lowest BCUT2D eigenvalue weighted by Gasteiger charge is -2.34. The van der Waals surface area contributed by atoms with Crippen LogP contribution in [-0.2, 0) is 9.47 Å². The zero-order valence-electron chi connectivity index (χ0n) is 12.9. The van der Waals surface area contributed by atoms with Gasteiger partial charge in [0.15, 0.2) is 0 Å². The van der Waals surface area contributed by atoms with E-state index in [1.807, 2.05) is 19.1 Å². The van der Waals surface area contributed by atoms with Crippen molar-refractivity contribution in [3.8, 4) is 0 Å². The van der Waals surface area contributed by atoms with Crippen molar-refractivity contribution in [2.24, 2.45) is 0 Å². The number of hydrogen-bond donors (Lipinski definition) is 1. The Labute approximate surface area is 123 Å². The molecular formula is C16H26O3Si. The first-order chi connectivity index (χ1) is 9.54. The maximum absolute atomic E-state index is 10.4. The number of rotatable bonds is 8. The van der Waals surface area contributed by atoms with E-state index >= 15 is 0 Å². The molecule has 2 atom stereocenters. The van der Waals surface area contributed by atoms with Crippen molar-refractivity contribution >= 4 is 13.3 Å². The lowest BCUT2D eigenvalue weighted by molar-refractivity contribution is 0.0652. The van der Waals surface area contributed by atoms with Crippen LogP contribution < -0.4 is 5.19 Å². The van der Waals surface area contributed by atoms with Gasteiger partial charge in [-0.2, -0.15) is 0 Å². The largest absolute Gasteiger partial charge is 0.502 e. The summed E-state index contributed by atoms with van der Waals surface area (Å²) >= 11 is 0. The van der Waals surface area contributed by atoms with Gasteiger partial charge in [-0.15, -0.1) is 0 Å². The Hall–Kier alpha value is -1.10. The fourth-order valence-corrected chi connectivity index (χ4v) is 5.48. The second kappa shape index (κ2) is 8.24. The van der Waals surface area contributed by atoms with Gasteiger partial charge in [0.1, 0.15) is 0 Å². The first-order valence-corrected chi connectivity index (χ1v) is 10.1. The smallest absolute Gasteiger partial charge is 0.0904 e. The van der Waals surface area contributed by atoms with Gasteiger partial charge < -0.3 is 14.6 Å². The number of aliphatic hydroxyl groups excluding tert-OH is 1. The van der Waals surface area contributed by atoms with Crippen molar-refractivity contribution in [2.45, 2.75) is 31.7 Å². The molecule has 0 amide bonds. The normalized spacial score (nSPS) is 15.2. The highest BCUT2D eigenvalue weighted by Crippen LogP contribution is 2.27. The fourth-order valence-electron chi connectivity index (χ4n) is 2.42. The molecule has 112 valence electrons. The van der Waals surface area contributed by atoms with Crippen LogP contribution in [0.1, 0.15) is 6.92 Å². The van der Waals surface area contributed by atoms with E-state index in [4.69, 9.17) is 9.47 Å². The van der Waals surface area contributed by atoms with Crippen LogP contribution in [0.15, 0.2) is 42.7 Å². The molecule has 4 heteroatoms. The topological polar surface area (TPSA) is 38.7 Å². The minimum atomic E-state index is -1.86. The van der Waals surface area contributed by atoms with Crippen molar-refractivity contribution in [3.63, 3.8) is 0 Å². The minimum Gasteiger partial charge on any atom is -0.502 e. The molecule has 0 radical (unpaired) electrons.